The third kappa shape index (κ3) is 3.52. The van der Waals surface area contributed by atoms with Crippen LogP contribution < -0.4 is 5.32 Å². The van der Waals surface area contributed by atoms with E-state index in [9.17, 15) is 0 Å². The molecule has 15 heavy (non-hydrogen) atoms. The minimum atomic E-state index is 0.215. The lowest BCUT2D eigenvalue weighted by molar-refractivity contribution is 0.577. The van der Waals surface area contributed by atoms with Crippen LogP contribution in [0.4, 0.5) is 0 Å². The minimum Gasteiger partial charge on any atom is -0.309 e. The third-order valence-corrected chi connectivity index (χ3v) is 2.43. The summed E-state index contributed by atoms with van der Waals surface area (Å²) in [5.41, 5.74) is 3.01. The third-order valence-electron chi connectivity index (χ3n) is 2.43. The maximum Gasteiger partial charge on any atom is 0.0211 e. The van der Waals surface area contributed by atoms with Gasteiger partial charge >= 0.3 is 0 Å². The molecule has 1 rings (SSSR count). The molecule has 82 valence electrons. The Balaban J connectivity index is 2.82. The van der Waals surface area contributed by atoms with E-state index in [1.165, 1.54) is 11.1 Å². The Kier molecular flexibility index (Phi) is 4.10. The molecule has 1 nitrogen and oxygen atoms in total. The van der Waals surface area contributed by atoms with Gasteiger partial charge in [-0.2, -0.15) is 0 Å². The van der Waals surface area contributed by atoms with Crippen molar-refractivity contribution < 1.29 is 0 Å². The van der Waals surface area contributed by atoms with Gasteiger partial charge in [0.15, 0.2) is 0 Å². The zero-order chi connectivity index (χ0) is 11.3. The molecule has 0 radical (unpaired) electrons. The molecule has 0 bridgehead atoms. The molecule has 0 unspecified atom stereocenters. The summed E-state index contributed by atoms with van der Waals surface area (Å²) < 4.78 is 0. The highest BCUT2D eigenvalue weighted by atomic mass is 14.8. The van der Waals surface area contributed by atoms with E-state index in [0.29, 0.717) is 0 Å². The highest BCUT2D eigenvalue weighted by Gasteiger charge is 2.16. The van der Waals surface area contributed by atoms with E-state index in [4.69, 9.17) is 0 Å². The van der Waals surface area contributed by atoms with E-state index in [1.54, 1.807) is 0 Å². The molecule has 0 aliphatic heterocycles. The van der Waals surface area contributed by atoms with Crippen molar-refractivity contribution in [3.05, 3.63) is 48.0 Å². The molecule has 1 aromatic rings. The Morgan fingerprint density at radius 2 is 1.93 bits per heavy atom. The van der Waals surface area contributed by atoms with Crippen molar-refractivity contribution in [3.63, 3.8) is 0 Å². The predicted octanol–water partition coefficient (Wildman–Crippen LogP) is 3.26. The standard InChI is InChI=1S/C14H21N/c1-5-10-15-11-12-8-6-7-9-13(12)14(2,3)4/h5-9,15H,1,10-11H2,2-4H3. The molecule has 0 spiro atoms. The lowest BCUT2D eigenvalue weighted by Gasteiger charge is -2.23. The lowest BCUT2D eigenvalue weighted by Crippen LogP contribution is -2.19. The fraction of sp³-hybridized carbons (Fsp3) is 0.429. The normalized spacial score (nSPS) is 11.4. The van der Waals surface area contributed by atoms with Gasteiger partial charge in [0.2, 0.25) is 0 Å². The summed E-state index contributed by atoms with van der Waals surface area (Å²) in [7, 11) is 0. The van der Waals surface area contributed by atoms with Gasteiger partial charge in [0, 0.05) is 13.1 Å². The van der Waals surface area contributed by atoms with Crippen LogP contribution in [-0.4, -0.2) is 6.54 Å². The van der Waals surface area contributed by atoms with Crippen molar-refractivity contribution >= 4 is 0 Å². The first-order valence-corrected chi connectivity index (χ1v) is 5.45. The van der Waals surface area contributed by atoms with E-state index in [-0.39, 0.29) is 5.41 Å². The first-order chi connectivity index (χ1) is 7.05. The monoisotopic (exact) mass is 203 g/mol. The first kappa shape index (κ1) is 12.0. The Morgan fingerprint density at radius 3 is 2.53 bits per heavy atom. The van der Waals surface area contributed by atoms with Crippen molar-refractivity contribution in [3.8, 4) is 0 Å². The molecule has 0 aliphatic carbocycles. The molecular formula is C14H21N. The van der Waals surface area contributed by atoms with Gasteiger partial charge < -0.3 is 5.32 Å². The summed E-state index contributed by atoms with van der Waals surface area (Å²) in [6.45, 7) is 12.2. The van der Waals surface area contributed by atoms with Crippen LogP contribution in [0.2, 0.25) is 0 Å². The summed E-state index contributed by atoms with van der Waals surface area (Å²) in [5, 5.41) is 3.35. The summed E-state index contributed by atoms with van der Waals surface area (Å²) in [4.78, 5) is 0. The molecule has 0 aliphatic rings. The van der Waals surface area contributed by atoms with Crippen molar-refractivity contribution in [2.45, 2.75) is 32.7 Å². The zero-order valence-electron chi connectivity index (χ0n) is 10.0. The van der Waals surface area contributed by atoms with Gasteiger partial charge in [0.05, 0.1) is 0 Å². The number of hydrogen-bond donors (Lipinski definition) is 1. The van der Waals surface area contributed by atoms with Crippen LogP contribution in [0.15, 0.2) is 36.9 Å². The number of rotatable bonds is 4. The summed E-state index contributed by atoms with van der Waals surface area (Å²) in [5.74, 6) is 0. The molecule has 1 N–H and O–H groups in total. The molecule has 1 heteroatoms. The molecule has 0 atom stereocenters. The minimum absolute atomic E-state index is 0.215. The smallest absolute Gasteiger partial charge is 0.0211 e. The Hall–Kier alpha value is -1.08. The van der Waals surface area contributed by atoms with Crippen molar-refractivity contribution in [1.29, 1.82) is 0 Å². The second kappa shape index (κ2) is 5.13. The second-order valence-corrected chi connectivity index (χ2v) is 4.83. The highest BCUT2D eigenvalue weighted by molar-refractivity contribution is 5.32. The van der Waals surface area contributed by atoms with E-state index in [0.717, 1.165) is 13.1 Å². The number of nitrogens with one attached hydrogen (secondary N) is 1. The molecule has 0 amide bonds. The van der Waals surface area contributed by atoms with Crippen LogP contribution in [0.3, 0.4) is 0 Å². The summed E-state index contributed by atoms with van der Waals surface area (Å²) >= 11 is 0. The van der Waals surface area contributed by atoms with Gasteiger partial charge in [0.25, 0.3) is 0 Å². The van der Waals surface area contributed by atoms with Crippen LogP contribution in [0.1, 0.15) is 31.9 Å². The molecule has 0 saturated carbocycles. The van der Waals surface area contributed by atoms with Crippen LogP contribution in [0, 0.1) is 0 Å². The van der Waals surface area contributed by atoms with Gasteiger partial charge in [-0.25, -0.2) is 0 Å². The summed E-state index contributed by atoms with van der Waals surface area (Å²) in [6, 6.07) is 8.61. The highest BCUT2D eigenvalue weighted by Crippen LogP contribution is 2.25. The molecule has 0 aromatic heterocycles. The van der Waals surface area contributed by atoms with Gasteiger partial charge in [-0.15, -0.1) is 6.58 Å². The lowest BCUT2D eigenvalue weighted by atomic mass is 9.84. The zero-order valence-corrected chi connectivity index (χ0v) is 10.0. The van der Waals surface area contributed by atoms with E-state index in [2.05, 4.69) is 56.9 Å². The van der Waals surface area contributed by atoms with Gasteiger partial charge in [-0.1, -0.05) is 51.1 Å². The van der Waals surface area contributed by atoms with Crippen LogP contribution in [0.25, 0.3) is 0 Å². The fourth-order valence-electron chi connectivity index (χ4n) is 1.72. The van der Waals surface area contributed by atoms with E-state index >= 15 is 0 Å². The average Bonchev–Trinajstić information content (AvgIpc) is 2.17. The van der Waals surface area contributed by atoms with Crippen molar-refractivity contribution in [1.82, 2.24) is 5.32 Å². The van der Waals surface area contributed by atoms with Crippen LogP contribution >= 0.6 is 0 Å². The van der Waals surface area contributed by atoms with Crippen LogP contribution in [-0.2, 0) is 12.0 Å². The topological polar surface area (TPSA) is 12.0 Å². The van der Waals surface area contributed by atoms with Crippen molar-refractivity contribution in [2.24, 2.45) is 0 Å². The van der Waals surface area contributed by atoms with Gasteiger partial charge in [-0.05, 0) is 16.5 Å². The maximum atomic E-state index is 3.70. The van der Waals surface area contributed by atoms with Gasteiger partial charge in [0.1, 0.15) is 0 Å². The molecule has 0 heterocycles. The largest absolute Gasteiger partial charge is 0.309 e. The van der Waals surface area contributed by atoms with Gasteiger partial charge in [-0.3, -0.25) is 0 Å². The second-order valence-electron chi connectivity index (χ2n) is 4.83. The van der Waals surface area contributed by atoms with E-state index in [1.807, 2.05) is 6.08 Å². The van der Waals surface area contributed by atoms with E-state index < -0.39 is 0 Å². The number of hydrogen-bond acceptors (Lipinski definition) is 1. The molecule has 0 saturated heterocycles. The first-order valence-electron chi connectivity index (χ1n) is 5.45. The van der Waals surface area contributed by atoms with Crippen molar-refractivity contribution in [2.75, 3.05) is 6.54 Å². The average molecular weight is 203 g/mol. The Labute approximate surface area is 93.2 Å². The molecule has 1 aromatic carbocycles. The fourth-order valence-corrected chi connectivity index (χ4v) is 1.72. The quantitative estimate of drug-likeness (QED) is 0.585. The number of benzene rings is 1. The Bertz CT molecular complexity index is 320. The SMILES string of the molecule is C=CCNCc1ccccc1C(C)(C)C. The summed E-state index contributed by atoms with van der Waals surface area (Å²) in [6.07, 6.45) is 1.89. The molecule has 0 fully saturated rings. The predicted molar refractivity (Wildman–Crippen MR) is 67.0 cm³/mol. The molecular weight excluding hydrogens is 182 g/mol. The van der Waals surface area contributed by atoms with Crippen LogP contribution in [0.5, 0.6) is 0 Å². The maximum absolute atomic E-state index is 3.70. The Morgan fingerprint density at radius 1 is 1.27 bits per heavy atom.